The van der Waals surface area contributed by atoms with E-state index >= 15 is 0 Å². The van der Waals surface area contributed by atoms with Crippen LogP contribution in [0, 0.1) is 0 Å². The Kier molecular flexibility index (Phi) is 5.49. The molecule has 1 aliphatic heterocycles. The number of fused-ring (bicyclic) bond motifs is 1. The van der Waals surface area contributed by atoms with Gasteiger partial charge in [0, 0.05) is 5.69 Å². The topological polar surface area (TPSA) is 105 Å². The van der Waals surface area contributed by atoms with Crippen LogP contribution in [0.25, 0.3) is 0 Å². The van der Waals surface area contributed by atoms with Gasteiger partial charge in [-0.3, -0.25) is 14.5 Å². The summed E-state index contributed by atoms with van der Waals surface area (Å²) in [4.78, 5) is 37.6. The maximum atomic E-state index is 12.7. The third-order valence-corrected chi connectivity index (χ3v) is 4.28. The number of nitrogens with one attached hydrogen (secondary N) is 1. The number of hydrogen-bond donors (Lipinski definition) is 2. The van der Waals surface area contributed by atoms with Gasteiger partial charge in [-0.15, -0.1) is 0 Å². The van der Waals surface area contributed by atoms with Crippen molar-refractivity contribution in [2.24, 2.45) is 0 Å². The first-order valence-electron chi connectivity index (χ1n) is 8.76. The monoisotopic (exact) mass is 384 g/mol. The minimum atomic E-state index is -1.13. The van der Waals surface area contributed by atoms with Crippen LogP contribution in [0.5, 0.6) is 11.5 Å². The van der Waals surface area contributed by atoms with Gasteiger partial charge in [-0.25, -0.2) is 4.79 Å². The quantitative estimate of drug-likeness (QED) is 0.793. The SMILES string of the molecule is CCOc1ccc(NC(=O)C(C)N2C(=O)COc3ccc(C(=O)O)cc32)cc1. The van der Waals surface area contributed by atoms with Gasteiger partial charge in [0.15, 0.2) is 6.61 Å². The van der Waals surface area contributed by atoms with Crippen LogP contribution in [0.15, 0.2) is 42.5 Å². The largest absolute Gasteiger partial charge is 0.494 e. The third kappa shape index (κ3) is 3.90. The van der Waals surface area contributed by atoms with E-state index in [-0.39, 0.29) is 17.9 Å². The van der Waals surface area contributed by atoms with Crippen molar-refractivity contribution in [2.45, 2.75) is 19.9 Å². The van der Waals surface area contributed by atoms with E-state index in [1.807, 2.05) is 6.92 Å². The second-order valence-corrected chi connectivity index (χ2v) is 6.16. The Morgan fingerprint density at radius 2 is 1.96 bits per heavy atom. The van der Waals surface area contributed by atoms with Crippen molar-refractivity contribution < 1.29 is 29.0 Å². The van der Waals surface area contributed by atoms with Crippen molar-refractivity contribution in [1.29, 1.82) is 0 Å². The first kappa shape index (κ1) is 19.2. The fourth-order valence-corrected chi connectivity index (χ4v) is 2.89. The Labute approximate surface area is 161 Å². The summed E-state index contributed by atoms with van der Waals surface area (Å²) < 4.78 is 10.7. The van der Waals surface area contributed by atoms with Crippen LogP contribution in [0.3, 0.4) is 0 Å². The number of rotatable bonds is 6. The minimum Gasteiger partial charge on any atom is -0.494 e. The number of carboxylic acids is 1. The van der Waals surface area contributed by atoms with Crippen LogP contribution in [-0.2, 0) is 9.59 Å². The van der Waals surface area contributed by atoms with E-state index in [0.717, 1.165) is 0 Å². The Hall–Kier alpha value is -3.55. The molecule has 0 spiro atoms. The number of ether oxygens (including phenoxy) is 2. The van der Waals surface area contributed by atoms with Crippen LogP contribution in [0.2, 0.25) is 0 Å². The number of benzene rings is 2. The highest BCUT2D eigenvalue weighted by molar-refractivity contribution is 6.07. The molecule has 2 amide bonds. The molecule has 28 heavy (non-hydrogen) atoms. The summed E-state index contributed by atoms with van der Waals surface area (Å²) in [5.41, 5.74) is 0.812. The van der Waals surface area contributed by atoms with Crippen molar-refractivity contribution in [3.8, 4) is 11.5 Å². The van der Waals surface area contributed by atoms with E-state index in [2.05, 4.69) is 5.32 Å². The summed E-state index contributed by atoms with van der Waals surface area (Å²) in [6.07, 6.45) is 0. The Balaban J connectivity index is 1.82. The van der Waals surface area contributed by atoms with E-state index in [1.54, 1.807) is 31.2 Å². The lowest BCUT2D eigenvalue weighted by Crippen LogP contribution is -2.49. The molecule has 1 aliphatic rings. The maximum absolute atomic E-state index is 12.7. The van der Waals surface area contributed by atoms with Gasteiger partial charge in [0.25, 0.3) is 5.91 Å². The van der Waals surface area contributed by atoms with Crippen LogP contribution >= 0.6 is 0 Å². The number of anilines is 2. The normalized spacial score (nSPS) is 13.9. The number of nitrogens with zero attached hydrogens (tertiary/aromatic N) is 1. The van der Waals surface area contributed by atoms with Gasteiger partial charge in [-0.2, -0.15) is 0 Å². The Bertz CT molecular complexity index is 909. The van der Waals surface area contributed by atoms with E-state index in [4.69, 9.17) is 9.47 Å². The number of carbonyl (C=O) groups excluding carboxylic acids is 2. The fraction of sp³-hybridized carbons (Fsp3) is 0.250. The Morgan fingerprint density at radius 1 is 1.25 bits per heavy atom. The van der Waals surface area contributed by atoms with Crippen molar-refractivity contribution >= 4 is 29.2 Å². The number of carboxylic acid groups (broad SMARTS) is 1. The maximum Gasteiger partial charge on any atom is 0.335 e. The van der Waals surface area contributed by atoms with Crippen LogP contribution in [-0.4, -0.2) is 42.1 Å². The molecule has 1 unspecified atom stereocenters. The summed E-state index contributed by atoms with van der Waals surface area (Å²) in [7, 11) is 0. The van der Waals surface area contributed by atoms with Crippen LogP contribution in [0.1, 0.15) is 24.2 Å². The Morgan fingerprint density at radius 3 is 2.61 bits per heavy atom. The second kappa shape index (κ2) is 7.99. The summed E-state index contributed by atoms with van der Waals surface area (Å²) in [5, 5.41) is 12.0. The molecule has 8 heteroatoms. The van der Waals surface area contributed by atoms with E-state index in [0.29, 0.717) is 23.8 Å². The van der Waals surface area contributed by atoms with Crippen LogP contribution in [0.4, 0.5) is 11.4 Å². The van der Waals surface area contributed by atoms with Crippen molar-refractivity contribution in [1.82, 2.24) is 0 Å². The lowest BCUT2D eigenvalue weighted by Gasteiger charge is -2.33. The van der Waals surface area contributed by atoms with Crippen molar-refractivity contribution in [3.05, 3.63) is 48.0 Å². The second-order valence-electron chi connectivity index (χ2n) is 6.16. The van der Waals surface area contributed by atoms with Gasteiger partial charge in [0.1, 0.15) is 17.5 Å². The molecule has 0 saturated carbocycles. The lowest BCUT2D eigenvalue weighted by atomic mass is 10.1. The van der Waals surface area contributed by atoms with Gasteiger partial charge in [-0.1, -0.05) is 0 Å². The highest BCUT2D eigenvalue weighted by atomic mass is 16.5. The van der Waals surface area contributed by atoms with Gasteiger partial charge >= 0.3 is 5.97 Å². The zero-order valence-corrected chi connectivity index (χ0v) is 15.5. The summed E-state index contributed by atoms with van der Waals surface area (Å²) in [6.45, 7) is 3.77. The van der Waals surface area contributed by atoms with Crippen LogP contribution < -0.4 is 19.7 Å². The molecular formula is C20H20N2O6. The predicted octanol–water partition coefficient (Wildman–Crippen LogP) is 2.54. The number of hydrogen-bond acceptors (Lipinski definition) is 5. The molecule has 0 bridgehead atoms. The molecule has 2 aromatic rings. The fourth-order valence-electron chi connectivity index (χ4n) is 2.89. The smallest absolute Gasteiger partial charge is 0.335 e. The lowest BCUT2D eigenvalue weighted by molar-refractivity contribution is -0.125. The highest BCUT2D eigenvalue weighted by Crippen LogP contribution is 2.34. The van der Waals surface area contributed by atoms with Gasteiger partial charge in [0.05, 0.1) is 17.9 Å². The molecule has 2 N–H and O–H groups in total. The first-order valence-corrected chi connectivity index (χ1v) is 8.76. The van der Waals surface area contributed by atoms with Gasteiger partial charge < -0.3 is 19.9 Å². The molecule has 146 valence electrons. The van der Waals surface area contributed by atoms with E-state index in [1.165, 1.54) is 23.1 Å². The predicted molar refractivity (Wildman–Crippen MR) is 102 cm³/mol. The molecule has 3 rings (SSSR count). The van der Waals surface area contributed by atoms with Gasteiger partial charge in [-0.05, 0) is 56.3 Å². The molecule has 0 saturated heterocycles. The summed E-state index contributed by atoms with van der Waals surface area (Å²) in [6, 6.07) is 10.2. The third-order valence-electron chi connectivity index (χ3n) is 4.28. The van der Waals surface area contributed by atoms with E-state index in [9.17, 15) is 19.5 Å². The molecule has 8 nitrogen and oxygen atoms in total. The standard InChI is InChI=1S/C20H20N2O6/c1-3-27-15-7-5-14(6-8-15)21-19(24)12(2)22-16-10-13(20(25)26)4-9-17(16)28-11-18(22)23/h4-10,12H,3,11H2,1-2H3,(H,21,24)(H,25,26). The summed E-state index contributed by atoms with van der Waals surface area (Å²) >= 11 is 0. The molecular weight excluding hydrogens is 364 g/mol. The minimum absolute atomic E-state index is 0.00108. The molecule has 2 aromatic carbocycles. The number of amides is 2. The first-order chi connectivity index (χ1) is 13.4. The molecule has 0 fully saturated rings. The van der Waals surface area contributed by atoms with Crippen molar-refractivity contribution in [2.75, 3.05) is 23.4 Å². The van der Waals surface area contributed by atoms with E-state index < -0.39 is 23.8 Å². The van der Waals surface area contributed by atoms with Crippen molar-refractivity contribution in [3.63, 3.8) is 0 Å². The zero-order chi connectivity index (χ0) is 20.3. The molecule has 0 aromatic heterocycles. The molecule has 1 heterocycles. The molecule has 0 radical (unpaired) electrons. The number of carbonyl (C=O) groups is 3. The average molecular weight is 384 g/mol. The average Bonchev–Trinajstić information content (AvgIpc) is 2.68. The zero-order valence-electron chi connectivity index (χ0n) is 15.5. The highest BCUT2D eigenvalue weighted by Gasteiger charge is 2.33. The van der Waals surface area contributed by atoms with Gasteiger partial charge in [0.2, 0.25) is 5.91 Å². The molecule has 1 atom stereocenters. The number of aromatic carboxylic acids is 1. The molecule has 0 aliphatic carbocycles. The summed E-state index contributed by atoms with van der Waals surface area (Å²) in [5.74, 6) is -0.930.